The zero-order valence-corrected chi connectivity index (χ0v) is 19.6. The van der Waals surface area contributed by atoms with Crippen molar-refractivity contribution >= 4 is 34.7 Å². The summed E-state index contributed by atoms with van der Waals surface area (Å²) in [4.78, 5) is 27.8. The van der Waals surface area contributed by atoms with E-state index in [1.54, 1.807) is 43.3 Å². The molecule has 1 N–H and O–H groups in total. The number of rotatable bonds is 5. The van der Waals surface area contributed by atoms with Crippen molar-refractivity contribution in [3.05, 3.63) is 87.3 Å². The topological polar surface area (TPSA) is 80.0 Å². The lowest BCUT2D eigenvalue weighted by atomic mass is 9.99. The third kappa shape index (κ3) is 4.02. The molecule has 1 amide bonds. The normalized spacial score (nSPS) is 17.6. The molecule has 6 nitrogen and oxygen atoms in total. The second kappa shape index (κ2) is 8.79. The van der Waals surface area contributed by atoms with Crippen molar-refractivity contribution in [3.8, 4) is 5.75 Å². The van der Waals surface area contributed by atoms with Gasteiger partial charge in [-0.2, -0.15) is 0 Å². The summed E-state index contributed by atoms with van der Waals surface area (Å²) in [5.74, 6) is -0.477. The lowest BCUT2D eigenvalue weighted by Gasteiger charge is -2.24. The fourth-order valence-electron chi connectivity index (χ4n) is 3.92. The number of hydrogen-bond acceptors (Lipinski definition) is 5. The Bertz CT molecular complexity index is 1290. The van der Waals surface area contributed by atoms with E-state index in [-0.39, 0.29) is 11.3 Å². The molecule has 1 fully saturated rings. The summed E-state index contributed by atoms with van der Waals surface area (Å²) in [5, 5.41) is 11.6. The van der Waals surface area contributed by atoms with Crippen LogP contribution in [0.2, 0.25) is 5.02 Å². The second-order valence-corrected chi connectivity index (χ2v) is 8.37. The number of benzene rings is 2. The first-order valence-electron chi connectivity index (χ1n) is 10.6. The first kappa shape index (κ1) is 22.7. The van der Waals surface area contributed by atoms with Gasteiger partial charge in [-0.15, -0.1) is 0 Å². The minimum Gasteiger partial charge on any atom is -0.507 e. The van der Waals surface area contributed by atoms with E-state index in [1.165, 1.54) is 4.90 Å². The van der Waals surface area contributed by atoms with Crippen LogP contribution in [0.25, 0.3) is 5.76 Å². The smallest absolute Gasteiger partial charge is 0.300 e. The van der Waals surface area contributed by atoms with E-state index in [1.807, 2.05) is 32.9 Å². The molecule has 1 saturated heterocycles. The van der Waals surface area contributed by atoms with Crippen LogP contribution in [0, 0.1) is 20.8 Å². The molecule has 170 valence electrons. The molecule has 0 bridgehead atoms. The predicted molar refractivity (Wildman–Crippen MR) is 127 cm³/mol. The average molecular weight is 466 g/mol. The first-order valence-corrected chi connectivity index (χ1v) is 11.0. The van der Waals surface area contributed by atoms with Gasteiger partial charge < -0.3 is 14.3 Å². The van der Waals surface area contributed by atoms with Crippen molar-refractivity contribution in [1.29, 1.82) is 0 Å². The van der Waals surface area contributed by atoms with Crippen LogP contribution in [0.4, 0.5) is 5.69 Å². The maximum absolute atomic E-state index is 13.2. The molecule has 0 aliphatic carbocycles. The number of anilines is 1. The fraction of sp³-hybridized carbons (Fsp3) is 0.231. The minimum absolute atomic E-state index is 0.0580. The molecule has 0 spiro atoms. The molecule has 1 unspecified atom stereocenters. The molecule has 2 heterocycles. The standard InChI is InChI=1S/C26H24ClNO5/c1-5-32-21-13-17(8-10-19(21)27)24(29)22-23(20-11-7-16(4)33-20)28(26(31)25(22)30)18-9-6-14(2)15(3)12-18/h6-13,23,29H,5H2,1-4H3/b24-22-. The Morgan fingerprint density at radius 3 is 2.45 bits per heavy atom. The molecule has 3 aromatic rings. The van der Waals surface area contributed by atoms with Gasteiger partial charge in [0.25, 0.3) is 11.7 Å². The van der Waals surface area contributed by atoms with Crippen LogP contribution in [0.1, 0.15) is 41.2 Å². The SMILES string of the molecule is CCOc1cc(/C(O)=C2/C(=O)C(=O)N(c3ccc(C)c(C)c3)C2c2ccc(C)o2)ccc1Cl. The number of aliphatic hydroxyl groups is 1. The Morgan fingerprint density at radius 2 is 1.82 bits per heavy atom. The van der Waals surface area contributed by atoms with Crippen molar-refractivity contribution < 1.29 is 23.8 Å². The highest BCUT2D eigenvalue weighted by molar-refractivity contribution is 6.51. The number of carbonyl (C=O) groups excluding carboxylic acids is 2. The number of aryl methyl sites for hydroxylation is 3. The molecule has 7 heteroatoms. The molecule has 1 aromatic heterocycles. The lowest BCUT2D eigenvalue weighted by Crippen LogP contribution is -2.29. The third-order valence-electron chi connectivity index (χ3n) is 5.75. The van der Waals surface area contributed by atoms with Gasteiger partial charge in [0.15, 0.2) is 0 Å². The number of Topliss-reactive ketones (excluding diaryl/α,β-unsaturated/α-hetero) is 1. The third-order valence-corrected chi connectivity index (χ3v) is 6.06. The number of amides is 1. The van der Waals surface area contributed by atoms with Gasteiger partial charge in [-0.25, -0.2) is 0 Å². The largest absolute Gasteiger partial charge is 0.507 e. The van der Waals surface area contributed by atoms with Crippen LogP contribution in [0.3, 0.4) is 0 Å². The average Bonchev–Trinajstić information content (AvgIpc) is 3.32. The number of furan rings is 1. The quantitative estimate of drug-likeness (QED) is 0.289. The van der Waals surface area contributed by atoms with E-state index < -0.39 is 17.7 Å². The number of nitrogens with zero attached hydrogens (tertiary/aromatic N) is 1. The van der Waals surface area contributed by atoms with E-state index in [2.05, 4.69) is 0 Å². The first-order chi connectivity index (χ1) is 15.7. The molecular formula is C26H24ClNO5. The molecule has 1 aliphatic rings. The highest BCUT2D eigenvalue weighted by Gasteiger charge is 2.48. The van der Waals surface area contributed by atoms with Gasteiger partial charge in [0.2, 0.25) is 0 Å². The zero-order valence-electron chi connectivity index (χ0n) is 18.8. The Balaban J connectivity index is 1.92. The predicted octanol–water partition coefficient (Wildman–Crippen LogP) is 5.88. The van der Waals surface area contributed by atoms with Gasteiger partial charge >= 0.3 is 0 Å². The van der Waals surface area contributed by atoms with Gasteiger partial charge in [-0.1, -0.05) is 17.7 Å². The Kier molecular flexibility index (Phi) is 6.04. The van der Waals surface area contributed by atoms with Crippen LogP contribution in [-0.4, -0.2) is 23.4 Å². The summed E-state index contributed by atoms with van der Waals surface area (Å²) in [7, 11) is 0. The lowest BCUT2D eigenvalue weighted by molar-refractivity contribution is -0.132. The molecule has 0 radical (unpaired) electrons. The van der Waals surface area contributed by atoms with Gasteiger partial charge in [-0.3, -0.25) is 14.5 Å². The van der Waals surface area contributed by atoms with E-state index in [0.717, 1.165) is 11.1 Å². The minimum atomic E-state index is -0.924. The molecule has 33 heavy (non-hydrogen) atoms. The Morgan fingerprint density at radius 1 is 1.06 bits per heavy atom. The molecular weight excluding hydrogens is 442 g/mol. The van der Waals surface area contributed by atoms with Crippen LogP contribution in [0.15, 0.2) is 58.5 Å². The van der Waals surface area contributed by atoms with Crippen molar-refractivity contribution in [2.75, 3.05) is 11.5 Å². The van der Waals surface area contributed by atoms with Gasteiger partial charge in [-0.05, 0) is 81.3 Å². The molecule has 1 aliphatic heterocycles. The van der Waals surface area contributed by atoms with Crippen molar-refractivity contribution in [3.63, 3.8) is 0 Å². The van der Waals surface area contributed by atoms with E-state index in [0.29, 0.717) is 40.2 Å². The highest BCUT2D eigenvalue weighted by Crippen LogP contribution is 2.43. The number of carbonyl (C=O) groups is 2. The molecule has 2 aromatic carbocycles. The zero-order chi connectivity index (χ0) is 23.9. The van der Waals surface area contributed by atoms with Gasteiger partial charge in [0, 0.05) is 11.3 Å². The number of ketones is 1. The Labute approximate surface area is 197 Å². The van der Waals surface area contributed by atoms with Gasteiger partial charge in [0.1, 0.15) is 29.1 Å². The molecule has 0 saturated carbocycles. The van der Waals surface area contributed by atoms with Crippen LogP contribution in [-0.2, 0) is 9.59 Å². The maximum Gasteiger partial charge on any atom is 0.300 e. The fourth-order valence-corrected chi connectivity index (χ4v) is 4.09. The van der Waals surface area contributed by atoms with Crippen LogP contribution in [0.5, 0.6) is 5.75 Å². The van der Waals surface area contributed by atoms with Gasteiger partial charge in [0.05, 0.1) is 17.2 Å². The van der Waals surface area contributed by atoms with Crippen molar-refractivity contribution in [1.82, 2.24) is 0 Å². The summed E-state index contributed by atoms with van der Waals surface area (Å²) in [5.41, 5.74) is 2.84. The summed E-state index contributed by atoms with van der Waals surface area (Å²) in [6.45, 7) is 7.88. The summed E-state index contributed by atoms with van der Waals surface area (Å²) in [6, 6.07) is 12.8. The number of ether oxygens (including phenoxy) is 1. The summed E-state index contributed by atoms with van der Waals surface area (Å²) in [6.07, 6.45) is 0. The number of halogens is 1. The van der Waals surface area contributed by atoms with Crippen LogP contribution < -0.4 is 9.64 Å². The number of hydrogen-bond donors (Lipinski definition) is 1. The monoisotopic (exact) mass is 465 g/mol. The summed E-state index contributed by atoms with van der Waals surface area (Å²) < 4.78 is 11.4. The Hall–Kier alpha value is -3.51. The number of aliphatic hydroxyl groups excluding tert-OH is 1. The second-order valence-electron chi connectivity index (χ2n) is 7.96. The van der Waals surface area contributed by atoms with Crippen molar-refractivity contribution in [2.24, 2.45) is 0 Å². The van der Waals surface area contributed by atoms with E-state index >= 15 is 0 Å². The van der Waals surface area contributed by atoms with Crippen LogP contribution >= 0.6 is 11.6 Å². The maximum atomic E-state index is 13.2. The van der Waals surface area contributed by atoms with E-state index in [9.17, 15) is 14.7 Å². The molecule has 1 atom stereocenters. The van der Waals surface area contributed by atoms with E-state index in [4.69, 9.17) is 20.8 Å². The van der Waals surface area contributed by atoms with Crippen molar-refractivity contribution in [2.45, 2.75) is 33.7 Å². The molecule has 4 rings (SSSR count). The highest BCUT2D eigenvalue weighted by atomic mass is 35.5. The summed E-state index contributed by atoms with van der Waals surface area (Å²) >= 11 is 6.18.